The van der Waals surface area contributed by atoms with Gasteiger partial charge in [0.25, 0.3) is 0 Å². The Morgan fingerprint density at radius 1 is 1.14 bits per heavy atom. The van der Waals surface area contributed by atoms with Crippen molar-refractivity contribution in [2.75, 3.05) is 20.3 Å². The third-order valence-electron chi connectivity index (χ3n) is 3.13. The zero-order chi connectivity index (χ0) is 15.8. The SMILES string of the molecule is COCCNCc1cc(Cl)ccc1OCc1ccc(F)cc1. The number of hydrogen-bond acceptors (Lipinski definition) is 3. The lowest BCUT2D eigenvalue weighted by Crippen LogP contribution is -2.19. The Balaban J connectivity index is 1.98. The Kier molecular flexibility index (Phi) is 6.65. The van der Waals surface area contributed by atoms with E-state index in [1.165, 1.54) is 12.1 Å². The van der Waals surface area contributed by atoms with Gasteiger partial charge in [-0.15, -0.1) is 0 Å². The van der Waals surface area contributed by atoms with Crippen molar-refractivity contribution in [1.82, 2.24) is 5.32 Å². The van der Waals surface area contributed by atoms with Gasteiger partial charge >= 0.3 is 0 Å². The summed E-state index contributed by atoms with van der Waals surface area (Å²) >= 11 is 6.04. The third-order valence-corrected chi connectivity index (χ3v) is 3.36. The summed E-state index contributed by atoms with van der Waals surface area (Å²) in [5.74, 6) is 0.511. The molecule has 3 nitrogen and oxygen atoms in total. The van der Waals surface area contributed by atoms with E-state index >= 15 is 0 Å². The van der Waals surface area contributed by atoms with Gasteiger partial charge in [0.15, 0.2) is 0 Å². The van der Waals surface area contributed by atoms with E-state index in [0.29, 0.717) is 24.8 Å². The van der Waals surface area contributed by atoms with Crippen molar-refractivity contribution in [1.29, 1.82) is 0 Å². The van der Waals surface area contributed by atoms with Crippen LogP contribution in [-0.2, 0) is 17.9 Å². The molecule has 0 saturated carbocycles. The molecule has 0 atom stereocenters. The fraction of sp³-hybridized carbons (Fsp3) is 0.294. The lowest BCUT2D eigenvalue weighted by Gasteiger charge is -2.13. The maximum atomic E-state index is 12.9. The fourth-order valence-electron chi connectivity index (χ4n) is 1.97. The molecule has 2 aromatic carbocycles. The highest BCUT2D eigenvalue weighted by Gasteiger charge is 2.05. The summed E-state index contributed by atoms with van der Waals surface area (Å²) in [6.07, 6.45) is 0. The van der Waals surface area contributed by atoms with Gasteiger partial charge in [0.05, 0.1) is 6.61 Å². The van der Waals surface area contributed by atoms with E-state index in [2.05, 4.69) is 5.32 Å². The first-order chi connectivity index (χ1) is 10.7. The number of hydrogen-bond donors (Lipinski definition) is 1. The molecule has 0 heterocycles. The number of rotatable bonds is 8. The summed E-state index contributed by atoms with van der Waals surface area (Å²) in [5.41, 5.74) is 1.89. The molecule has 5 heteroatoms. The van der Waals surface area contributed by atoms with Gasteiger partial charge in [0.1, 0.15) is 18.2 Å². The Bertz CT molecular complexity index is 590. The highest BCUT2D eigenvalue weighted by Crippen LogP contribution is 2.24. The van der Waals surface area contributed by atoms with Crippen LogP contribution in [0.3, 0.4) is 0 Å². The first-order valence-electron chi connectivity index (χ1n) is 7.04. The molecule has 0 aromatic heterocycles. The van der Waals surface area contributed by atoms with E-state index < -0.39 is 0 Å². The van der Waals surface area contributed by atoms with Gasteiger partial charge in [0, 0.05) is 30.8 Å². The second-order valence-electron chi connectivity index (χ2n) is 4.84. The van der Waals surface area contributed by atoms with Crippen molar-refractivity contribution in [3.8, 4) is 5.75 Å². The van der Waals surface area contributed by atoms with E-state index in [4.69, 9.17) is 21.1 Å². The predicted molar refractivity (Wildman–Crippen MR) is 85.8 cm³/mol. The van der Waals surface area contributed by atoms with Crippen molar-refractivity contribution >= 4 is 11.6 Å². The molecule has 2 aromatic rings. The van der Waals surface area contributed by atoms with Crippen molar-refractivity contribution in [3.05, 3.63) is 64.4 Å². The van der Waals surface area contributed by atoms with E-state index in [0.717, 1.165) is 23.4 Å². The molecule has 0 bridgehead atoms. The molecule has 0 unspecified atom stereocenters. The maximum Gasteiger partial charge on any atom is 0.124 e. The van der Waals surface area contributed by atoms with E-state index in [1.54, 1.807) is 25.3 Å². The maximum absolute atomic E-state index is 12.9. The highest BCUT2D eigenvalue weighted by atomic mass is 35.5. The standard InChI is InChI=1S/C17H19ClFNO2/c1-21-9-8-20-11-14-10-15(18)4-7-17(14)22-12-13-2-5-16(19)6-3-13/h2-7,10,20H,8-9,11-12H2,1H3. The number of methoxy groups -OCH3 is 1. The van der Waals surface area contributed by atoms with Gasteiger partial charge in [-0.05, 0) is 35.9 Å². The van der Waals surface area contributed by atoms with Crippen molar-refractivity contribution in [2.24, 2.45) is 0 Å². The lowest BCUT2D eigenvalue weighted by molar-refractivity contribution is 0.199. The summed E-state index contributed by atoms with van der Waals surface area (Å²) < 4.78 is 23.7. The fourth-order valence-corrected chi connectivity index (χ4v) is 2.16. The van der Waals surface area contributed by atoms with Crippen molar-refractivity contribution < 1.29 is 13.9 Å². The summed E-state index contributed by atoms with van der Waals surface area (Å²) in [7, 11) is 1.66. The topological polar surface area (TPSA) is 30.5 Å². The Morgan fingerprint density at radius 3 is 2.64 bits per heavy atom. The quantitative estimate of drug-likeness (QED) is 0.750. The zero-order valence-corrected chi connectivity index (χ0v) is 13.2. The summed E-state index contributed by atoms with van der Waals surface area (Å²) in [6, 6.07) is 11.8. The molecule has 0 radical (unpaired) electrons. The van der Waals surface area contributed by atoms with Gasteiger partial charge in [-0.3, -0.25) is 0 Å². The molecule has 1 N–H and O–H groups in total. The minimum atomic E-state index is -0.252. The summed E-state index contributed by atoms with van der Waals surface area (Å²) in [6.45, 7) is 2.42. The number of nitrogens with one attached hydrogen (secondary N) is 1. The van der Waals surface area contributed by atoms with Crippen LogP contribution in [0, 0.1) is 5.82 Å². The van der Waals surface area contributed by atoms with Crippen LogP contribution in [0.1, 0.15) is 11.1 Å². The predicted octanol–water partition coefficient (Wildman–Crippen LogP) is 3.79. The second kappa shape index (κ2) is 8.73. The minimum Gasteiger partial charge on any atom is -0.489 e. The molecule has 0 spiro atoms. The van der Waals surface area contributed by atoms with Gasteiger partial charge in [-0.2, -0.15) is 0 Å². The average Bonchev–Trinajstić information content (AvgIpc) is 2.52. The van der Waals surface area contributed by atoms with Gasteiger partial charge in [0.2, 0.25) is 0 Å². The summed E-state index contributed by atoms with van der Waals surface area (Å²) in [5, 5.41) is 3.93. The highest BCUT2D eigenvalue weighted by molar-refractivity contribution is 6.30. The number of benzene rings is 2. The molecule has 0 aliphatic carbocycles. The van der Waals surface area contributed by atoms with Crippen molar-refractivity contribution in [3.63, 3.8) is 0 Å². The molecule has 22 heavy (non-hydrogen) atoms. The number of halogens is 2. The lowest BCUT2D eigenvalue weighted by atomic mass is 10.2. The van der Waals surface area contributed by atoms with E-state index in [-0.39, 0.29) is 5.82 Å². The molecule has 2 rings (SSSR count). The first-order valence-corrected chi connectivity index (χ1v) is 7.42. The molecule has 0 aliphatic rings. The second-order valence-corrected chi connectivity index (χ2v) is 5.27. The zero-order valence-electron chi connectivity index (χ0n) is 12.4. The number of ether oxygens (including phenoxy) is 2. The monoisotopic (exact) mass is 323 g/mol. The minimum absolute atomic E-state index is 0.252. The van der Waals surface area contributed by atoms with E-state index in [1.807, 2.05) is 12.1 Å². The molecule has 0 saturated heterocycles. The molecule has 0 fully saturated rings. The normalized spacial score (nSPS) is 10.7. The Morgan fingerprint density at radius 2 is 1.91 bits per heavy atom. The van der Waals surface area contributed by atoms with Crippen LogP contribution in [-0.4, -0.2) is 20.3 Å². The molecular formula is C17H19ClFNO2. The van der Waals surface area contributed by atoms with Crippen LogP contribution < -0.4 is 10.1 Å². The molecular weight excluding hydrogens is 305 g/mol. The van der Waals surface area contributed by atoms with Gasteiger partial charge in [-0.25, -0.2) is 4.39 Å². The van der Waals surface area contributed by atoms with Gasteiger partial charge in [-0.1, -0.05) is 23.7 Å². The molecule has 0 amide bonds. The first kappa shape index (κ1) is 16.7. The van der Waals surface area contributed by atoms with Crippen LogP contribution in [0.5, 0.6) is 5.75 Å². The average molecular weight is 324 g/mol. The summed E-state index contributed by atoms with van der Waals surface area (Å²) in [4.78, 5) is 0. The molecule has 0 aliphatic heterocycles. The smallest absolute Gasteiger partial charge is 0.124 e. The van der Waals surface area contributed by atoms with Crippen LogP contribution in [0.15, 0.2) is 42.5 Å². The van der Waals surface area contributed by atoms with Crippen LogP contribution in [0.4, 0.5) is 4.39 Å². The van der Waals surface area contributed by atoms with Gasteiger partial charge < -0.3 is 14.8 Å². The van der Waals surface area contributed by atoms with Crippen LogP contribution in [0.25, 0.3) is 0 Å². The Labute approximate surface area is 135 Å². The van der Waals surface area contributed by atoms with Crippen molar-refractivity contribution in [2.45, 2.75) is 13.2 Å². The van der Waals surface area contributed by atoms with Crippen LogP contribution in [0.2, 0.25) is 5.02 Å². The third kappa shape index (κ3) is 5.30. The largest absolute Gasteiger partial charge is 0.489 e. The van der Waals surface area contributed by atoms with Crippen LogP contribution >= 0.6 is 11.6 Å². The molecule has 118 valence electrons. The van der Waals surface area contributed by atoms with E-state index in [9.17, 15) is 4.39 Å². The Hall–Kier alpha value is -1.62.